The van der Waals surface area contributed by atoms with E-state index in [0.717, 1.165) is 10.0 Å². The van der Waals surface area contributed by atoms with E-state index in [9.17, 15) is 13.2 Å². The molecule has 0 saturated carbocycles. The van der Waals surface area contributed by atoms with Gasteiger partial charge in [-0.1, -0.05) is 6.92 Å². The number of amides is 1. The maximum atomic E-state index is 12.8. The summed E-state index contributed by atoms with van der Waals surface area (Å²) in [5.74, 6) is -0.324. The van der Waals surface area contributed by atoms with Crippen molar-refractivity contribution in [3.8, 4) is 0 Å². The molecule has 9 heteroatoms. The van der Waals surface area contributed by atoms with Gasteiger partial charge in [0, 0.05) is 11.9 Å². The topological polar surface area (TPSA) is 107 Å². The van der Waals surface area contributed by atoms with Crippen molar-refractivity contribution in [1.29, 1.82) is 0 Å². The van der Waals surface area contributed by atoms with Crippen LogP contribution in [0.5, 0.6) is 0 Å². The van der Waals surface area contributed by atoms with Gasteiger partial charge in [0.1, 0.15) is 5.69 Å². The predicted molar refractivity (Wildman–Crippen MR) is 103 cm³/mol. The number of aromatic nitrogens is 2. The number of fused-ring (bicyclic) bond motifs is 1. The molecule has 3 aromatic rings. The quantitative estimate of drug-likeness (QED) is 0.655. The first-order chi connectivity index (χ1) is 12.2. The molecule has 7 nitrogen and oxygen atoms in total. The molecule has 2 aromatic heterocycles. The number of carbonyl (C=O) groups is 1. The highest BCUT2D eigenvalue weighted by molar-refractivity contribution is 9.10. The Hall–Kier alpha value is -2.23. The maximum absolute atomic E-state index is 12.8. The minimum absolute atomic E-state index is 0.0147. The monoisotopic (exact) mass is 436 g/mol. The molecular weight excluding hydrogens is 420 g/mol. The van der Waals surface area contributed by atoms with Crippen LogP contribution in [-0.4, -0.2) is 23.7 Å². The number of primary sulfonamides is 1. The second-order valence-corrected chi connectivity index (χ2v) is 8.26. The van der Waals surface area contributed by atoms with E-state index in [0.29, 0.717) is 29.1 Å². The first kappa shape index (κ1) is 18.6. The average molecular weight is 437 g/mol. The minimum atomic E-state index is -3.77. The van der Waals surface area contributed by atoms with E-state index in [1.54, 1.807) is 4.40 Å². The molecule has 0 fully saturated rings. The second-order valence-electron chi connectivity index (χ2n) is 5.84. The molecule has 26 heavy (non-hydrogen) atoms. The summed E-state index contributed by atoms with van der Waals surface area (Å²) in [6, 6.07) is 7.62. The summed E-state index contributed by atoms with van der Waals surface area (Å²) in [7, 11) is -3.77. The van der Waals surface area contributed by atoms with Gasteiger partial charge in [-0.2, -0.15) is 0 Å². The van der Waals surface area contributed by atoms with Crippen molar-refractivity contribution in [3.05, 3.63) is 58.0 Å². The van der Waals surface area contributed by atoms with Crippen LogP contribution in [0.2, 0.25) is 0 Å². The number of nitrogens with one attached hydrogen (secondary N) is 1. The molecule has 3 N–H and O–H groups in total. The number of hydrogen-bond donors (Lipinski definition) is 2. The zero-order valence-corrected chi connectivity index (χ0v) is 16.6. The first-order valence-electron chi connectivity index (χ1n) is 7.82. The molecule has 136 valence electrons. The van der Waals surface area contributed by atoms with Gasteiger partial charge in [0.25, 0.3) is 5.91 Å². The maximum Gasteiger partial charge on any atom is 0.274 e. The number of anilines is 1. The van der Waals surface area contributed by atoms with E-state index in [1.807, 2.05) is 26.1 Å². The second kappa shape index (κ2) is 6.82. The Balaban J connectivity index is 2.00. The van der Waals surface area contributed by atoms with Gasteiger partial charge in [-0.05, 0) is 65.2 Å². The van der Waals surface area contributed by atoms with E-state index in [-0.39, 0.29) is 10.8 Å². The third kappa shape index (κ3) is 3.50. The number of sulfonamides is 1. The minimum Gasteiger partial charge on any atom is -0.321 e. The van der Waals surface area contributed by atoms with Gasteiger partial charge in [0.05, 0.1) is 15.1 Å². The van der Waals surface area contributed by atoms with E-state index in [1.165, 1.54) is 24.3 Å². The van der Waals surface area contributed by atoms with Crippen LogP contribution in [0.3, 0.4) is 0 Å². The summed E-state index contributed by atoms with van der Waals surface area (Å²) < 4.78 is 25.2. The molecule has 3 rings (SSSR count). The van der Waals surface area contributed by atoms with Crippen molar-refractivity contribution in [2.75, 3.05) is 5.32 Å². The van der Waals surface area contributed by atoms with Crippen molar-refractivity contribution in [2.24, 2.45) is 5.14 Å². The fourth-order valence-electron chi connectivity index (χ4n) is 2.68. The fourth-order valence-corrected chi connectivity index (χ4v) is 3.84. The molecule has 0 unspecified atom stereocenters. The fraction of sp³-hybridized carbons (Fsp3) is 0.176. The molecule has 0 atom stereocenters. The van der Waals surface area contributed by atoms with Crippen LogP contribution in [0.1, 0.15) is 28.7 Å². The third-order valence-corrected chi connectivity index (χ3v) is 5.39. The zero-order chi connectivity index (χ0) is 19.1. The number of halogens is 1. The van der Waals surface area contributed by atoms with Crippen LogP contribution in [0.15, 0.2) is 45.9 Å². The Labute approximate surface area is 159 Å². The van der Waals surface area contributed by atoms with Crippen molar-refractivity contribution in [2.45, 2.75) is 25.2 Å². The molecule has 0 spiro atoms. The molecule has 1 aromatic carbocycles. The molecule has 0 bridgehead atoms. The number of carbonyl (C=O) groups excluding carboxylic acids is 1. The number of imidazole rings is 1. The molecule has 1 amide bonds. The Bertz CT molecular complexity index is 1110. The molecule has 0 aliphatic heterocycles. The van der Waals surface area contributed by atoms with Gasteiger partial charge in [-0.3, -0.25) is 9.20 Å². The van der Waals surface area contributed by atoms with Gasteiger partial charge in [0.2, 0.25) is 10.0 Å². The van der Waals surface area contributed by atoms with Crippen LogP contribution >= 0.6 is 15.9 Å². The number of rotatable bonds is 4. The van der Waals surface area contributed by atoms with Gasteiger partial charge < -0.3 is 5.32 Å². The molecule has 0 radical (unpaired) electrons. The lowest BCUT2D eigenvalue weighted by Gasteiger charge is -2.08. The van der Waals surface area contributed by atoms with Crippen LogP contribution < -0.4 is 10.5 Å². The highest BCUT2D eigenvalue weighted by atomic mass is 79.9. The highest BCUT2D eigenvalue weighted by Crippen LogP contribution is 2.24. The van der Waals surface area contributed by atoms with Gasteiger partial charge in [0.15, 0.2) is 5.65 Å². The van der Waals surface area contributed by atoms with Crippen LogP contribution in [0.25, 0.3) is 5.65 Å². The lowest BCUT2D eigenvalue weighted by molar-refractivity contribution is 0.102. The van der Waals surface area contributed by atoms with Crippen molar-refractivity contribution < 1.29 is 13.2 Å². The van der Waals surface area contributed by atoms with Gasteiger partial charge in [-0.25, -0.2) is 18.5 Å². The average Bonchev–Trinajstić information content (AvgIpc) is 2.93. The van der Waals surface area contributed by atoms with Crippen molar-refractivity contribution in [1.82, 2.24) is 9.38 Å². The highest BCUT2D eigenvalue weighted by Gasteiger charge is 2.20. The summed E-state index contributed by atoms with van der Waals surface area (Å²) in [4.78, 5) is 17.4. The van der Waals surface area contributed by atoms with Gasteiger partial charge in [-0.15, -0.1) is 0 Å². The summed E-state index contributed by atoms with van der Waals surface area (Å²) >= 11 is 3.48. The van der Waals surface area contributed by atoms with Crippen LogP contribution in [-0.2, 0) is 16.4 Å². The number of nitrogens with two attached hydrogens (primary N) is 1. The molecule has 0 saturated heterocycles. The third-order valence-electron chi connectivity index (χ3n) is 3.87. The van der Waals surface area contributed by atoms with E-state index in [4.69, 9.17) is 5.14 Å². The standard InChI is InChI=1S/C17H17BrN4O3S/c1-3-14-15(22-9-10(2)8-13(18)16(22)21-14)17(23)20-11-4-6-12(7-5-11)26(19,24)25/h4-9H,3H2,1-2H3,(H,20,23)(H2,19,24,25). The number of pyridine rings is 1. The van der Waals surface area contributed by atoms with Crippen molar-refractivity contribution in [3.63, 3.8) is 0 Å². The van der Waals surface area contributed by atoms with Crippen molar-refractivity contribution >= 4 is 43.2 Å². The number of nitrogens with zero attached hydrogens (tertiary/aromatic N) is 2. The van der Waals surface area contributed by atoms with E-state index >= 15 is 0 Å². The summed E-state index contributed by atoms with van der Waals surface area (Å²) in [5, 5.41) is 7.86. The van der Waals surface area contributed by atoms with Gasteiger partial charge >= 0.3 is 0 Å². The smallest absolute Gasteiger partial charge is 0.274 e. The predicted octanol–water partition coefficient (Wildman–Crippen LogP) is 2.87. The molecule has 2 heterocycles. The molecular formula is C17H17BrN4O3S. The lowest BCUT2D eigenvalue weighted by Crippen LogP contribution is -2.17. The summed E-state index contributed by atoms with van der Waals surface area (Å²) in [6.07, 6.45) is 2.45. The Morgan fingerprint density at radius 1 is 1.31 bits per heavy atom. The largest absolute Gasteiger partial charge is 0.321 e. The van der Waals surface area contributed by atoms with Crippen LogP contribution in [0.4, 0.5) is 5.69 Å². The summed E-state index contributed by atoms with van der Waals surface area (Å²) in [6.45, 7) is 3.86. The number of benzene rings is 1. The number of hydrogen-bond acceptors (Lipinski definition) is 4. The molecule has 0 aliphatic carbocycles. The van der Waals surface area contributed by atoms with Crippen LogP contribution in [0, 0.1) is 6.92 Å². The number of aryl methyl sites for hydroxylation is 2. The Kier molecular flexibility index (Phi) is 4.87. The Morgan fingerprint density at radius 2 is 1.96 bits per heavy atom. The SMILES string of the molecule is CCc1nc2c(Br)cc(C)cn2c1C(=O)Nc1ccc(S(N)(=O)=O)cc1. The normalized spacial score (nSPS) is 11.7. The van der Waals surface area contributed by atoms with E-state index in [2.05, 4.69) is 26.2 Å². The summed E-state index contributed by atoms with van der Waals surface area (Å²) in [5.41, 5.74) is 3.24. The lowest BCUT2D eigenvalue weighted by atomic mass is 10.2. The Morgan fingerprint density at radius 3 is 2.54 bits per heavy atom. The van der Waals surface area contributed by atoms with E-state index < -0.39 is 10.0 Å². The molecule has 0 aliphatic rings. The first-order valence-corrected chi connectivity index (χ1v) is 10.2. The zero-order valence-electron chi connectivity index (χ0n) is 14.2.